The lowest BCUT2D eigenvalue weighted by molar-refractivity contribution is 0.412. The van der Waals surface area contributed by atoms with Crippen molar-refractivity contribution in [3.8, 4) is 5.75 Å². The Labute approximate surface area is 130 Å². The third kappa shape index (κ3) is 2.69. The fourth-order valence-corrected chi connectivity index (χ4v) is 2.79. The first-order valence-electron chi connectivity index (χ1n) is 6.46. The number of aromatic nitrogens is 2. The highest BCUT2D eigenvalue weighted by atomic mass is 79.9. The zero-order valence-corrected chi connectivity index (χ0v) is 13.0. The van der Waals surface area contributed by atoms with Gasteiger partial charge in [-0.05, 0) is 45.6 Å². The summed E-state index contributed by atoms with van der Waals surface area (Å²) in [6.45, 7) is 0.432. The Hall–Kier alpha value is -2.14. The fraction of sp³-hybridized carbons (Fsp3) is 0.125. The lowest BCUT2D eigenvalue weighted by Crippen LogP contribution is -2.20. The van der Waals surface area contributed by atoms with E-state index < -0.39 is 0 Å². The van der Waals surface area contributed by atoms with E-state index in [-0.39, 0.29) is 5.56 Å². The molecule has 0 N–H and O–H groups in total. The maximum absolute atomic E-state index is 12.2. The van der Waals surface area contributed by atoms with Gasteiger partial charge in [0.05, 0.1) is 29.3 Å². The van der Waals surface area contributed by atoms with Gasteiger partial charge in [0.15, 0.2) is 0 Å². The van der Waals surface area contributed by atoms with Gasteiger partial charge in [-0.15, -0.1) is 0 Å². The Morgan fingerprint density at radius 1 is 1.24 bits per heavy atom. The van der Waals surface area contributed by atoms with Crippen LogP contribution in [-0.4, -0.2) is 16.7 Å². The maximum atomic E-state index is 12.2. The number of hydrogen-bond donors (Lipinski definition) is 0. The van der Waals surface area contributed by atoms with Crippen molar-refractivity contribution < 1.29 is 4.74 Å². The average molecular weight is 345 g/mol. The molecular weight excluding hydrogens is 332 g/mol. The fourth-order valence-electron chi connectivity index (χ4n) is 2.27. The lowest BCUT2D eigenvalue weighted by atomic mass is 10.2. The number of rotatable bonds is 3. The van der Waals surface area contributed by atoms with Crippen LogP contribution >= 0.6 is 15.9 Å². The normalized spacial score (nSPS) is 10.8. The molecule has 0 spiro atoms. The van der Waals surface area contributed by atoms with Gasteiger partial charge in [0.2, 0.25) is 0 Å². The predicted molar refractivity (Wildman–Crippen MR) is 85.8 cm³/mol. The lowest BCUT2D eigenvalue weighted by Gasteiger charge is -2.12. The van der Waals surface area contributed by atoms with Crippen LogP contribution in [0.1, 0.15) is 5.69 Å². The van der Waals surface area contributed by atoms with Crippen LogP contribution in [0.3, 0.4) is 0 Å². The maximum Gasteiger partial charge on any atom is 0.251 e. The van der Waals surface area contributed by atoms with E-state index in [4.69, 9.17) is 4.74 Å². The molecule has 0 unspecified atom stereocenters. The number of halogens is 1. The molecule has 0 radical (unpaired) electrons. The summed E-state index contributed by atoms with van der Waals surface area (Å²) in [6, 6.07) is 12.9. The molecule has 0 saturated heterocycles. The SMILES string of the molecule is COc1cc2c(ccc(=O)n2Cc2ccccn2)cc1Br. The van der Waals surface area contributed by atoms with Crippen LogP contribution in [0.5, 0.6) is 5.75 Å². The summed E-state index contributed by atoms with van der Waals surface area (Å²) in [5.74, 6) is 0.697. The third-order valence-electron chi connectivity index (χ3n) is 3.31. The van der Waals surface area contributed by atoms with Crippen LogP contribution in [0.15, 0.2) is 57.9 Å². The van der Waals surface area contributed by atoms with E-state index in [1.54, 1.807) is 23.9 Å². The van der Waals surface area contributed by atoms with Crippen molar-refractivity contribution in [2.24, 2.45) is 0 Å². The topological polar surface area (TPSA) is 44.1 Å². The molecular formula is C16H13BrN2O2. The number of ether oxygens (including phenoxy) is 1. The Morgan fingerprint density at radius 3 is 2.81 bits per heavy atom. The van der Waals surface area contributed by atoms with Gasteiger partial charge in [-0.25, -0.2) is 0 Å². The Morgan fingerprint density at radius 2 is 2.10 bits per heavy atom. The first-order chi connectivity index (χ1) is 10.2. The number of fused-ring (bicyclic) bond motifs is 1. The molecule has 0 atom stereocenters. The van der Waals surface area contributed by atoms with E-state index in [9.17, 15) is 4.79 Å². The highest BCUT2D eigenvalue weighted by molar-refractivity contribution is 9.10. The van der Waals surface area contributed by atoms with E-state index in [0.29, 0.717) is 12.3 Å². The van der Waals surface area contributed by atoms with Gasteiger partial charge >= 0.3 is 0 Å². The van der Waals surface area contributed by atoms with Crippen molar-refractivity contribution in [1.82, 2.24) is 9.55 Å². The van der Waals surface area contributed by atoms with Crippen molar-refractivity contribution in [1.29, 1.82) is 0 Å². The van der Waals surface area contributed by atoms with Gasteiger partial charge in [-0.3, -0.25) is 9.78 Å². The van der Waals surface area contributed by atoms with Gasteiger partial charge in [-0.2, -0.15) is 0 Å². The number of methoxy groups -OCH3 is 1. The summed E-state index contributed by atoms with van der Waals surface area (Å²) < 4.78 is 7.88. The second kappa shape index (κ2) is 5.69. The van der Waals surface area contributed by atoms with Gasteiger partial charge in [0.1, 0.15) is 5.75 Å². The summed E-state index contributed by atoms with van der Waals surface area (Å²) in [7, 11) is 1.61. The minimum Gasteiger partial charge on any atom is -0.495 e. The minimum atomic E-state index is -0.0578. The zero-order valence-electron chi connectivity index (χ0n) is 11.4. The quantitative estimate of drug-likeness (QED) is 0.732. The molecule has 0 bridgehead atoms. The molecule has 1 aromatic carbocycles. The van der Waals surface area contributed by atoms with Crippen LogP contribution in [0.25, 0.3) is 10.9 Å². The van der Waals surface area contributed by atoms with Crippen LogP contribution < -0.4 is 10.3 Å². The molecule has 3 aromatic rings. The molecule has 106 valence electrons. The number of pyridine rings is 2. The molecule has 21 heavy (non-hydrogen) atoms. The Bertz CT molecular complexity index is 844. The summed E-state index contributed by atoms with van der Waals surface area (Å²) in [5, 5.41) is 0.971. The predicted octanol–water partition coefficient (Wildman–Crippen LogP) is 3.22. The molecule has 0 saturated carbocycles. The second-order valence-electron chi connectivity index (χ2n) is 4.62. The molecule has 2 aromatic heterocycles. The van der Waals surface area contributed by atoms with Crippen molar-refractivity contribution in [3.05, 3.63) is 69.2 Å². The van der Waals surface area contributed by atoms with Crippen molar-refractivity contribution in [3.63, 3.8) is 0 Å². The highest BCUT2D eigenvalue weighted by Gasteiger charge is 2.09. The summed E-state index contributed by atoms with van der Waals surface area (Å²) in [4.78, 5) is 16.5. The standard InChI is InChI=1S/C16H13BrN2O2/c1-21-15-9-14-11(8-13(15)17)5-6-16(20)19(14)10-12-4-2-3-7-18-12/h2-9H,10H2,1H3. The smallest absolute Gasteiger partial charge is 0.251 e. The van der Waals surface area contributed by atoms with E-state index >= 15 is 0 Å². The first kappa shape index (κ1) is 13.8. The van der Waals surface area contributed by atoms with Crippen molar-refractivity contribution in [2.75, 3.05) is 7.11 Å². The minimum absolute atomic E-state index is 0.0578. The first-order valence-corrected chi connectivity index (χ1v) is 7.25. The van der Waals surface area contributed by atoms with Gasteiger partial charge < -0.3 is 9.30 Å². The van der Waals surface area contributed by atoms with Crippen LogP contribution in [-0.2, 0) is 6.54 Å². The van der Waals surface area contributed by atoms with E-state index in [2.05, 4.69) is 20.9 Å². The van der Waals surface area contributed by atoms with Crippen molar-refractivity contribution >= 4 is 26.8 Å². The molecule has 0 aliphatic rings. The monoisotopic (exact) mass is 344 g/mol. The number of nitrogens with zero attached hydrogens (tertiary/aromatic N) is 2. The molecule has 0 fully saturated rings. The summed E-state index contributed by atoms with van der Waals surface area (Å²) in [6.07, 6.45) is 1.72. The second-order valence-corrected chi connectivity index (χ2v) is 5.48. The molecule has 0 aliphatic carbocycles. The van der Waals surface area contributed by atoms with E-state index in [1.165, 1.54) is 0 Å². The molecule has 4 nitrogen and oxygen atoms in total. The zero-order chi connectivity index (χ0) is 14.8. The molecule has 5 heteroatoms. The largest absolute Gasteiger partial charge is 0.495 e. The van der Waals surface area contributed by atoms with Gasteiger partial charge in [0, 0.05) is 18.3 Å². The third-order valence-corrected chi connectivity index (χ3v) is 3.93. The van der Waals surface area contributed by atoms with E-state index in [1.807, 2.05) is 36.4 Å². The molecule has 0 aliphatic heterocycles. The highest BCUT2D eigenvalue weighted by Crippen LogP contribution is 2.29. The van der Waals surface area contributed by atoms with E-state index in [0.717, 1.165) is 21.1 Å². The number of benzene rings is 1. The van der Waals surface area contributed by atoms with Crippen LogP contribution in [0, 0.1) is 0 Å². The Kier molecular flexibility index (Phi) is 3.75. The number of hydrogen-bond acceptors (Lipinski definition) is 3. The molecule has 0 amide bonds. The average Bonchev–Trinajstić information content (AvgIpc) is 2.51. The molecule has 2 heterocycles. The van der Waals surface area contributed by atoms with Crippen LogP contribution in [0.2, 0.25) is 0 Å². The van der Waals surface area contributed by atoms with Crippen molar-refractivity contribution in [2.45, 2.75) is 6.54 Å². The summed E-state index contributed by atoms with van der Waals surface area (Å²) >= 11 is 3.46. The van der Waals surface area contributed by atoms with Crippen LogP contribution in [0.4, 0.5) is 0 Å². The van der Waals surface area contributed by atoms with Gasteiger partial charge in [-0.1, -0.05) is 6.07 Å². The summed E-state index contributed by atoms with van der Waals surface area (Å²) in [5.41, 5.74) is 1.61. The van der Waals surface area contributed by atoms with Gasteiger partial charge in [0.25, 0.3) is 5.56 Å². The molecule has 3 rings (SSSR count). The Balaban J connectivity index is 2.20.